The second-order valence-corrected chi connectivity index (χ2v) is 24.3. The quantitative estimate of drug-likeness (QED) is 0.0199. The highest BCUT2D eigenvalue weighted by molar-refractivity contribution is 5.76. The van der Waals surface area contributed by atoms with Gasteiger partial charge in [-0.3, -0.25) is 4.79 Å². The van der Waals surface area contributed by atoms with Gasteiger partial charge >= 0.3 is 0 Å². The first-order valence-corrected chi connectivity index (χ1v) is 35.1. The van der Waals surface area contributed by atoms with Crippen LogP contribution in [0.1, 0.15) is 187 Å². The van der Waals surface area contributed by atoms with E-state index in [9.17, 15) is 61.0 Å². The second-order valence-electron chi connectivity index (χ2n) is 24.3. The van der Waals surface area contributed by atoms with Crippen molar-refractivity contribution >= 4 is 5.91 Å². The third kappa shape index (κ3) is 35.8. The first-order chi connectivity index (χ1) is 45.8. The lowest BCUT2D eigenvalue weighted by Crippen LogP contribution is -2.66. The molecule has 0 aromatic carbocycles. The first kappa shape index (κ1) is 83.9. The Kier molecular flexibility index (Phi) is 48.8. The molecular weight excluding hydrogens is 1200 g/mol. The van der Waals surface area contributed by atoms with Crippen molar-refractivity contribution in [3.8, 4) is 0 Å². The van der Waals surface area contributed by atoms with E-state index in [1.807, 2.05) is 6.08 Å². The number of aliphatic hydroxyl groups excluding tert-OH is 11. The molecule has 0 saturated carbocycles. The van der Waals surface area contributed by atoms with Crippen molar-refractivity contribution in [1.82, 2.24) is 5.32 Å². The molecule has 3 aliphatic rings. The number of carbonyl (C=O) groups excluding carboxylic acids is 1. The molecule has 3 rings (SSSR count). The number of unbranched alkanes of at least 4 members (excludes halogenated alkanes) is 13. The number of hydrogen-bond donors (Lipinski definition) is 12. The zero-order chi connectivity index (χ0) is 68.2. The highest BCUT2D eigenvalue weighted by atomic mass is 16.8. The van der Waals surface area contributed by atoms with Gasteiger partial charge in [-0.1, -0.05) is 224 Å². The predicted octanol–water partition coefficient (Wildman–Crippen LogP) is 9.54. The van der Waals surface area contributed by atoms with Gasteiger partial charge in [-0.05, 0) is 103 Å². The van der Waals surface area contributed by atoms with Crippen LogP contribution in [0.15, 0.2) is 146 Å². The van der Waals surface area contributed by atoms with Crippen LogP contribution >= 0.6 is 0 Å². The van der Waals surface area contributed by atoms with Crippen molar-refractivity contribution in [2.24, 2.45) is 0 Å². The summed E-state index contributed by atoms with van der Waals surface area (Å²) in [5.74, 6) is -0.298. The van der Waals surface area contributed by atoms with E-state index in [0.29, 0.717) is 6.42 Å². The van der Waals surface area contributed by atoms with Crippen LogP contribution in [-0.4, -0.2) is 193 Å². The van der Waals surface area contributed by atoms with Gasteiger partial charge in [0.25, 0.3) is 0 Å². The minimum absolute atomic E-state index is 0.220. The van der Waals surface area contributed by atoms with E-state index in [2.05, 4.69) is 153 Å². The summed E-state index contributed by atoms with van der Waals surface area (Å²) in [6.07, 6.45) is 51.6. The summed E-state index contributed by atoms with van der Waals surface area (Å²) >= 11 is 0. The minimum Gasteiger partial charge on any atom is -0.394 e. The maximum atomic E-state index is 13.3. The van der Waals surface area contributed by atoms with Crippen molar-refractivity contribution < 1.29 is 89.4 Å². The molecule has 3 fully saturated rings. The van der Waals surface area contributed by atoms with Gasteiger partial charge in [-0.25, -0.2) is 0 Å². The fourth-order valence-corrected chi connectivity index (χ4v) is 10.7. The van der Waals surface area contributed by atoms with E-state index in [1.165, 1.54) is 12.8 Å². The molecule has 12 N–H and O–H groups in total. The van der Waals surface area contributed by atoms with Crippen LogP contribution in [0.25, 0.3) is 0 Å². The highest BCUT2D eigenvalue weighted by Gasteiger charge is 2.53. The second kappa shape index (κ2) is 54.7. The molecule has 94 heavy (non-hydrogen) atoms. The SMILES string of the molecule is CC/C=C\C/C=C\C/C=C\C/C=C\C/C=C\C/C=C\C/C=C\C/C=C\C/C=C\C/C=C\C/C=C\CCCCCCCCCC(=O)NC(COC1OC(CO)C(OC2OC(CO)C(OC3OC(CO)C(O)C(O)C3O)C(O)C2O)C(O)C1O)C(O)/C=C/CCCCCCCC. The third-order valence-electron chi connectivity index (χ3n) is 16.4. The molecule has 0 aliphatic carbocycles. The van der Waals surface area contributed by atoms with Crippen molar-refractivity contribution in [1.29, 1.82) is 0 Å². The zero-order valence-corrected chi connectivity index (χ0v) is 56.4. The Labute approximate surface area is 562 Å². The number of aliphatic hydroxyl groups is 11. The summed E-state index contributed by atoms with van der Waals surface area (Å²) in [5, 5.41) is 120. The van der Waals surface area contributed by atoms with Crippen molar-refractivity contribution in [2.75, 3.05) is 26.4 Å². The summed E-state index contributed by atoms with van der Waals surface area (Å²) in [7, 11) is 0. The Morgan fingerprint density at radius 3 is 1.15 bits per heavy atom. The Bertz CT molecular complexity index is 2270. The van der Waals surface area contributed by atoms with Crippen LogP contribution in [-0.2, 0) is 33.2 Å². The van der Waals surface area contributed by atoms with Crippen molar-refractivity contribution in [3.05, 3.63) is 146 Å². The lowest BCUT2D eigenvalue weighted by atomic mass is 9.96. The van der Waals surface area contributed by atoms with Gasteiger partial charge in [0.2, 0.25) is 5.91 Å². The van der Waals surface area contributed by atoms with Crippen LogP contribution in [0.2, 0.25) is 0 Å². The van der Waals surface area contributed by atoms with Crippen molar-refractivity contribution in [3.63, 3.8) is 0 Å². The number of nitrogens with one attached hydrogen (secondary N) is 1. The molecule has 534 valence electrons. The molecule has 3 saturated heterocycles. The number of hydrogen-bond acceptors (Lipinski definition) is 18. The zero-order valence-electron chi connectivity index (χ0n) is 56.4. The molecule has 17 atom stereocenters. The summed E-state index contributed by atoms with van der Waals surface area (Å²) in [6.45, 7) is 1.51. The van der Waals surface area contributed by atoms with Gasteiger partial charge in [0, 0.05) is 6.42 Å². The van der Waals surface area contributed by atoms with Crippen LogP contribution in [0, 0.1) is 0 Å². The van der Waals surface area contributed by atoms with E-state index >= 15 is 0 Å². The van der Waals surface area contributed by atoms with Crippen LogP contribution in [0.5, 0.6) is 0 Å². The monoisotopic (exact) mass is 1320 g/mol. The molecule has 0 bridgehead atoms. The van der Waals surface area contributed by atoms with E-state index in [1.54, 1.807) is 6.08 Å². The number of amides is 1. The van der Waals surface area contributed by atoms with Crippen LogP contribution < -0.4 is 5.32 Å². The van der Waals surface area contributed by atoms with Gasteiger partial charge in [0.05, 0.1) is 38.6 Å². The highest BCUT2D eigenvalue weighted by Crippen LogP contribution is 2.33. The number of rotatable bonds is 51. The summed E-state index contributed by atoms with van der Waals surface area (Å²) < 4.78 is 34.2. The van der Waals surface area contributed by atoms with Gasteiger partial charge < -0.3 is 89.9 Å². The maximum Gasteiger partial charge on any atom is 0.220 e. The smallest absolute Gasteiger partial charge is 0.220 e. The summed E-state index contributed by atoms with van der Waals surface area (Å²) in [6, 6.07) is -0.987. The normalized spacial score (nSPS) is 28.3. The number of carbonyl (C=O) groups is 1. The molecule has 3 heterocycles. The Morgan fingerprint density at radius 1 is 0.394 bits per heavy atom. The molecule has 0 aromatic rings. The van der Waals surface area contributed by atoms with Crippen LogP contribution in [0.4, 0.5) is 0 Å². The lowest BCUT2D eigenvalue weighted by molar-refractivity contribution is -0.379. The third-order valence-corrected chi connectivity index (χ3v) is 16.4. The molecule has 0 aromatic heterocycles. The standard InChI is InChI=1S/C75H121NO18/c1-3-5-7-9-11-13-14-15-16-17-18-19-20-21-22-23-24-25-26-27-28-29-30-31-32-33-34-35-36-37-38-39-40-41-42-43-44-45-47-49-51-53-63(81)76-58(59(80)52-50-48-46-12-10-8-6-4-2)57-89-73-69(87)66(84)71(61(55-78)91-73)94-75-70(88)67(85)72(62(56-79)92-75)93-74-68(86)65(83)64(82)60(54-77)90-74/h5,7,11,13,15-16,18-19,21-22,24-25,27-28,30-31,33-34,36-37,39-40,50,52,58-62,64-75,77-80,82-88H,3-4,6,8-10,12,14,17,20,23,26,29,32,35,38,41-49,51,53-57H2,1-2H3,(H,76,81)/b7-5-,13-11-,16-15-,19-18-,22-21-,25-24-,28-27-,31-30-,34-33-,37-36-,40-39-,52-50+. The van der Waals surface area contributed by atoms with E-state index in [-0.39, 0.29) is 18.9 Å². The molecule has 1 amide bonds. The average Bonchev–Trinajstić information content (AvgIpc) is 0.834. The number of ether oxygens (including phenoxy) is 6. The fourth-order valence-electron chi connectivity index (χ4n) is 10.7. The van der Waals surface area contributed by atoms with Crippen molar-refractivity contribution in [2.45, 2.75) is 291 Å². The van der Waals surface area contributed by atoms with E-state index in [0.717, 1.165) is 148 Å². The molecule has 19 nitrogen and oxygen atoms in total. The lowest BCUT2D eigenvalue weighted by Gasteiger charge is -2.48. The molecule has 17 unspecified atom stereocenters. The van der Waals surface area contributed by atoms with Gasteiger partial charge in [0.15, 0.2) is 18.9 Å². The Hall–Kier alpha value is -4.33. The molecule has 0 spiro atoms. The minimum atomic E-state index is -1.98. The maximum absolute atomic E-state index is 13.3. The van der Waals surface area contributed by atoms with Crippen LogP contribution in [0.3, 0.4) is 0 Å². The molecule has 0 radical (unpaired) electrons. The fraction of sp³-hybridized carbons (Fsp3) is 0.667. The Morgan fingerprint density at radius 2 is 0.734 bits per heavy atom. The molecule has 19 heteroatoms. The van der Waals surface area contributed by atoms with E-state index in [4.69, 9.17) is 28.4 Å². The summed E-state index contributed by atoms with van der Waals surface area (Å²) in [4.78, 5) is 13.3. The topological polar surface area (TPSA) is 307 Å². The molecular formula is C75H121NO18. The largest absolute Gasteiger partial charge is 0.394 e. The number of allylic oxidation sites excluding steroid dienone is 23. The first-order valence-electron chi connectivity index (χ1n) is 35.1. The molecule has 3 aliphatic heterocycles. The van der Waals surface area contributed by atoms with Gasteiger partial charge in [-0.2, -0.15) is 0 Å². The Balaban J connectivity index is 1.30. The predicted molar refractivity (Wildman–Crippen MR) is 369 cm³/mol. The van der Waals surface area contributed by atoms with E-state index < -0.39 is 124 Å². The van der Waals surface area contributed by atoms with Gasteiger partial charge in [-0.15, -0.1) is 0 Å². The summed E-state index contributed by atoms with van der Waals surface area (Å²) in [5.41, 5.74) is 0. The van der Waals surface area contributed by atoms with Gasteiger partial charge in [0.1, 0.15) is 73.2 Å². The average molecular weight is 1320 g/mol.